The van der Waals surface area contributed by atoms with Crippen LogP contribution < -0.4 is 5.73 Å². The lowest BCUT2D eigenvalue weighted by molar-refractivity contribution is -0.177. The van der Waals surface area contributed by atoms with E-state index in [2.05, 4.69) is 11.8 Å². The van der Waals surface area contributed by atoms with Gasteiger partial charge in [-0.1, -0.05) is 0 Å². The maximum atomic E-state index is 5.84. The Kier molecular flexibility index (Phi) is 4.31. The molecule has 1 unspecified atom stereocenters. The van der Waals surface area contributed by atoms with Crippen LogP contribution in [0.15, 0.2) is 0 Å². The fraction of sp³-hybridized carbons (Fsp3) is 1.00. The molecule has 1 saturated heterocycles. The minimum absolute atomic E-state index is 0.194. The lowest BCUT2D eigenvalue weighted by atomic mass is 9.99. The first-order chi connectivity index (χ1) is 6.69. The van der Waals surface area contributed by atoms with E-state index in [0.717, 1.165) is 13.1 Å². The van der Waals surface area contributed by atoms with Crippen molar-refractivity contribution < 1.29 is 9.47 Å². The smallest absolute Gasteiger partial charge is 0.176 e. The molecule has 0 aromatic rings. The third-order valence-corrected chi connectivity index (χ3v) is 3.18. The van der Waals surface area contributed by atoms with Crippen LogP contribution in [-0.4, -0.2) is 50.6 Å². The van der Waals surface area contributed by atoms with E-state index >= 15 is 0 Å². The van der Waals surface area contributed by atoms with Crippen LogP contribution in [0.1, 0.15) is 19.8 Å². The molecular formula is C10H22N2O2. The number of nitrogens with two attached hydrogens (primary N) is 1. The Morgan fingerprint density at radius 3 is 2.14 bits per heavy atom. The van der Waals surface area contributed by atoms with Gasteiger partial charge >= 0.3 is 0 Å². The maximum Gasteiger partial charge on any atom is 0.176 e. The molecule has 4 heteroatoms. The first kappa shape index (κ1) is 11.9. The van der Waals surface area contributed by atoms with E-state index in [1.165, 1.54) is 12.8 Å². The van der Waals surface area contributed by atoms with Gasteiger partial charge in [-0.05, 0) is 32.9 Å². The SMILES string of the molecule is COC(OC)C(C)(CN)N1CCCC1. The number of likely N-dealkylation sites (tertiary alicyclic amines) is 1. The highest BCUT2D eigenvalue weighted by atomic mass is 16.7. The molecule has 0 saturated carbocycles. The molecule has 0 aliphatic carbocycles. The number of hydrogen-bond donors (Lipinski definition) is 1. The monoisotopic (exact) mass is 202 g/mol. The van der Waals surface area contributed by atoms with Crippen molar-refractivity contribution in [3.8, 4) is 0 Å². The predicted molar refractivity (Wildman–Crippen MR) is 56.1 cm³/mol. The topological polar surface area (TPSA) is 47.7 Å². The summed E-state index contributed by atoms with van der Waals surface area (Å²) in [5, 5.41) is 0. The molecule has 0 radical (unpaired) electrons. The van der Waals surface area contributed by atoms with E-state index in [-0.39, 0.29) is 11.8 Å². The zero-order valence-corrected chi connectivity index (χ0v) is 9.45. The van der Waals surface area contributed by atoms with Crippen LogP contribution in [0, 0.1) is 0 Å². The van der Waals surface area contributed by atoms with Gasteiger partial charge in [0.15, 0.2) is 6.29 Å². The molecule has 0 amide bonds. The Morgan fingerprint density at radius 2 is 1.79 bits per heavy atom. The zero-order chi connectivity index (χ0) is 10.6. The molecule has 1 fully saturated rings. The van der Waals surface area contributed by atoms with Crippen LogP contribution in [0.4, 0.5) is 0 Å². The molecule has 1 aliphatic heterocycles. The van der Waals surface area contributed by atoms with Gasteiger partial charge in [-0.3, -0.25) is 4.90 Å². The van der Waals surface area contributed by atoms with Crippen LogP contribution in [0.2, 0.25) is 0 Å². The molecule has 0 spiro atoms. The summed E-state index contributed by atoms with van der Waals surface area (Å²) in [6.07, 6.45) is 2.25. The summed E-state index contributed by atoms with van der Waals surface area (Å²) >= 11 is 0. The second-order valence-electron chi connectivity index (χ2n) is 4.06. The normalized spacial score (nSPS) is 22.9. The lowest BCUT2D eigenvalue weighted by Gasteiger charge is -2.42. The average molecular weight is 202 g/mol. The fourth-order valence-corrected chi connectivity index (χ4v) is 2.21. The molecule has 1 atom stereocenters. The Morgan fingerprint density at radius 1 is 1.29 bits per heavy atom. The maximum absolute atomic E-state index is 5.84. The third-order valence-electron chi connectivity index (χ3n) is 3.18. The average Bonchev–Trinajstić information content (AvgIpc) is 2.72. The molecule has 2 N–H and O–H groups in total. The molecule has 84 valence electrons. The van der Waals surface area contributed by atoms with Gasteiger partial charge in [0.05, 0.1) is 5.54 Å². The largest absolute Gasteiger partial charge is 0.354 e. The first-order valence-electron chi connectivity index (χ1n) is 5.19. The Labute approximate surface area is 86.3 Å². The molecule has 0 aromatic heterocycles. The van der Waals surface area contributed by atoms with Gasteiger partial charge in [0.1, 0.15) is 0 Å². The van der Waals surface area contributed by atoms with Crippen LogP contribution in [0.25, 0.3) is 0 Å². The second kappa shape index (κ2) is 5.07. The zero-order valence-electron chi connectivity index (χ0n) is 9.45. The summed E-state index contributed by atoms with van der Waals surface area (Å²) in [4.78, 5) is 2.37. The molecule has 1 rings (SSSR count). The molecule has 4 nitrogen and oxygen atoms in total. The van der Waals surface area contributed by atoms with Gasteiger partial charge < -0.3 is 15.2 Å². The van der Waals surface area contributed by atoms with E-state index < -0.39 is 0 Å². The number of methoxy groups -OCH3 is 2. The molecule has 0 aromatic carbocycles. The van der Waals surface area contributed by atoms with Crippen LogP contribution >= 0.6 is 0 Å². The standard InChI is InChI=1S/C10H22N2O2/c1-10(8-11,9(13-2)14-3)12-6-4-5-7-12/h9H,4-8,11H2,1-3H3. The Balaban J connectivity index is 2.71. The van der Waals surface area contributed by atoms with Gasteiger partial charge in [0.2, 0.25) is 0 Å². The van der Waals surface area contributed by atoms with Crippen molar-refractivity contribution in [2.45, 2.75) is 31.6 Å². The number of rotatable bonds is 5. The summed E-state index contributed by atoms with van der Waals surface area (Å²) in [6, 6.07) is 0. The summed E-state index contributed by atoms with van der Waals surface area (Å²) in [5.74, 6) is 0. The fourth-order valence-electron chi connectivity index (χ4n) is 2.21. The molecule has 1 aliphatic rings. The number of hydrogen-bond acceptors (Lipinski definition) is 4. The Hall–Kier alpha value is -0.160. The van der Waals surface area contributed by atoms with Crippen molar-refractivity contribution in [3.63, 3.8) is 0 Å². The molecule has 0 bridgehead atoms. The highest BCUT2D eigenvalue weighted by Crippen LogP contribution is 2.25. The van der Waals surface area contributed by atoms with E-state index in [0.29, 0.717) is 6.54 Å². The molecular weight excluding hydrogens is 180 g/mol. The minimum atomic E-state index is -0.245. The predicted octanol–water partition coefficient (Wildman–Crippen LogP) is 0.419. The van der Waals surface area contributed by atoms with E-state index in [9.17, 15) is 0 Å². The van der Waals surface area contributed by atoms with Gasteiger partial charge in [-0.25, -0.2) is 0 Å². The van der Waals surface area contributed by atoms with Crippen LogP contribution in [0.3, 0.4) is 0 Å². The number of nitrogens with zero attached hydrogens (tertiary/aromatic N) is 1. The van der Waals surface area contributed by atoms with Crippen molar-refractivity contribution in [1.29, 1.82) is 0 Å². The third kappa shape index (κ3) is 2.08. The summed E-state index contributed by atoms with van der Waals surface area (Å²) in [7, 11) is 3.33. The van der Waals surface area contributed by atoms with Gasteiger partial charge in [-0.15, -0.1) is 0 Å². The minimum Gasteiger partial charge on any atom is -0.354 e. The van der Waals surface area contributed by atoms with E-state index in [1.54, 1.807) is 14.2 Å². The highest BCUT2D eigenvalue weighted by molar-refractivity contribution is 4.92. The summed E-state index contributed by atoms with van der Waals surface area (Å²) in [5.41, 5.74) is 5.64. The van der Waals surface area contributed by atoms with Gasteiger partial charge in [-0.2, -0.15) is 0 Å². The van der Waals surface area contributed by atoms with Crippen molar-refractivity contribution in [2.75, 3.05) is 33.9 Å². The van der Waals surface area contributed by atoms with E-state index in [1.807, 2.05) is 0 Å². The van der Waals surface area contributed by atoms with Crippen molar-refractivity contribution in [1.82, 2.24) is 4.90 Å². The lowest BCUT2D eigenvalue weighted by Crippen LogP contribution is -2.59. The Bertz CT molecular complexity index is 164. The molecule has 14 heavy (non-hydrogen) atoms. The quantitative estimate of drug-likeness (QED) is 0.656. The van der Waals surface area contributed by atoms with Gasteiger partial charge in [0.25, 0.3) is 0 Å². The molecule has 1 heterocycles. The van der Waals surface area contributed by atoms with Crippen LogP contribution in [0.5, 0.6) is 0 Å². The second-order valence-corrected chi connectivity index (χ2v) is 4.06. The van der Waals surface area contributed by atoms with Crippen molar-refractivity contribution >= 4 is 0 Å². The number of ether oxygens (including phenoxy) is 2. The van der Waals surface area contributed by atoms with E-state index in [4.69, 9.17) is 15.2 Å². The first-order valence-corrected chi connectivity index (χ1v) is 5.19. The summed E-state index contributed by atoms with van der Waals surface area (Å²) < 4.78 is 10.6. The van der Waals surface area contributed by atoms with Crippen molar-refractivity contribution in [3.05, 3.63) is 0 Å². The highest BCUT2D eigenvalue weighted by Gasteiger charge is 2.40. The summed E-state index contributed by atoms with van der Waals surface area (Å²) in [6.45, 7) is 4.85. The van der Waals surface area contributed by atoms with Gasteiger partial charge in [0, 0.05) is 20.8 Å². The van der Waals surface area contributed by atoms with Crippen molar-refractivity contribution in [2.24, 2.45) is 5.73 Å². The van der Waals surface area contributed by atoms with Crippen LogP contribution in [-0.2, 0) is 9.47 Å².